The number of hydrogen-bond acceptors (Lipinski definition) is 5. The van der Waals surface area contributed by atoms with Gasteiger partial charge in [0, 0.05) is 6.42 Å². The van der Waals surface area contributed by atoms with Gasteiger partial charge in [-0.05, 0) is 31.5 Å². The first kappa shape index (κ1) is 12.4. The highest BCUT2D eigenvalue weighted by Gasteiger charge is 2.38. The monoisotopic (exact) mass is 250 g/mol. The summed E-state index contributed by atoms with van der Waals surface area (Å²) in [5.41, 5.74) is -0.773. The van der Waals surface area contributed by atoms with Gasteiger partial charge in [-0.25, -0.2) is 0 Å². The molecular formula is C13H14O5. The quantitative estimate of drug-likeness (QED) is 0.485. The lowest BCUT2D eigenvalue weighted by Gasteiger charge is -2.21. The fourth-order valence-electron chi connectivity index (χ4n) is 2.05. The second-order valence-corrected chi connectivity index (χ2v) is 4.73. The molecule has 1 aromatic rings. The van der Waals surface area contributed by atoms with Crippen molar-refractivity contribution in [3.63, 3.8) is 0 Å². The number of hydrogen-bond donors (Lipinski definition) is 2. The van der Waals surface area contributed by atoms with Crippen LogP contribution < -0.4 is 0 Å². The molecule has 1 saturated heterocycles. The molecule has 0 amide bonds. The van der Waals surface area contributed by atoms with Crippen LogP contribution in [0.1, 0.15) is 36.5 Å². The van der Waals surface area contributed by atoms with Gasteiger partial charge in [0.05, 0.1) is 12.0 Å². The standard InChI is InChI=1S/C13H14O5/c1-13(5-4-12(17)18-13)7-11(16)9-6-8(14)2-3-10(9)15/h2-3,6,14-15H,4-5,7H2,1H3/t13-/m0/s1. The van der Waals surface area contributed by atoms with Crippen molar-refractivity contribution in [3.8, 4) is 11.5 Å². The predicted molar refractivity (Wildman–Crippen MR) is 62.5 cm³/mol. The first-order valence-corrected chi connectivity index (χ1v) is 5.67. The van der Waals surface area contributed by atoms with E-state index >= 15 is 0 Å². The van der Waals surface area contributed by atoms with E-state index in [1.807, 2.05) is 0 Å². The molecule has 18 heavy (non-hydrogen) atoms. The topological polar surface area (TPSA) is 83.8 Å². The second-order valence-electron chi connectivity index (χ2n) is 4.73. The van der Waals surface area contributed by atoms with Crippen LogP contribution in [0.5, 0.6) is 11.5 Å². The van der Waals surface area contributed by atoms with E-state index in [1.165, 1.54) is 18.2 Å². The third-order valence-electron chi connectivity index (χ3n) is 3.03. The Kier molecular flexibility index (Phi) is 2.98. The van der Waals surface area contributed by atoms with E-state index in [0.29, 0.717) is 12.8 Å². The molecule has 0 bridgehead atoms. The molecule has 0 aromatic heterocycles. The lowest BCUT2D eigenvalue weighted by atomic mass is 9.92. The zero-order valence-electron chi connectivity index (χ0n) is 9.97. The molecule has 2 rings (SSSR count). The van der Waals surface area contributed by atoms with Crippen molar-refractivity contribution in [2.24, 2.45) is 0 Å². The SMILES string of the molecule is C[C@@]1(CC(=O)c2cc(O)ccc2O)CCC(=O)O1. The third kappa shape index (κ3) is 2.45. The van der Waals surface area contributed by atoms with Crippen molar-refractivity contribution >= 4 is 11.8 Å². The Hall–Kier alpha value is -2.04. The Morgan fingerprint density at radius 1 is 1.44 bits per heavy atom. The number of esters is 1. The fraction of sp³-hybridized carbons (Fsp3) is 0.385. The van der Waals surface area contributed by atoms with E-state index in [0.717, 1.165) is 0 Å². The van der Waals surface area contributed by atoms with E-state index in [2.05, 4.69) is 0 Å². The number of phenols is 2. The van der Waals surface area contributed by atoms with Crippen molar-refractivity contribution in [3.05, 3.63) is 23.8 Å². The molecular weight excluding hydrogens is 236 g/mol. The lowest BCUT2D eigenvalue weighted by molar-refractivity contribution is -0.146. The zero-order chi connectivity index (χ0) is 13.3. The molecule has 0 unspecified atom stereocenters. The first-order valence-electron chi connectivity index (χ1n) is 5.67. The van der Waals surface area contributed by atoms with Gasteiger partial charge in [-0.1, -0.05) is 0 Å². The maximum Gasteiger partial charge on any atom is 0.306 e. The zero-order valence-corrected chi connectivity index (χ0v) is 9.97. The van der Waals surface area contributed by atoms with Gasteiger partial charge in [0.25, 0.3) is 0 Å². The van der Waals surface area contributed by atoms with Crippen LogP contribution in [0.25, 0.3) is 0 Å². The van der Waals surface area contributed by atoms with Crippen LogP contribution in [-0.2, 0) is 9.53 Å². The molecule has 5 nitrogen and oxygen atoms in total. The minimum atomic E-state index is -0.813. The molecule has 1 heterocycles. The fourth-order valence-corrected chi connectivity index (χ4v) is 2.05. The van der Waals surface area contributed by atoms with Crippen LogP contribution in [0.4, 0.5) is 0 Å². The van der Waals surface area contributed by atoms with E-state index in [-0.39, 0.29) is 35.2 Å². The van der Waals surface area contributed by atoms with Gasteiger partial charge in [0.15, 0.2) is 5.78 Å². The predicted octanol–water partition coefficient (Wildman–Crippen LogP) is 1.77. The summed E-state index contributed by atoms with van der Waals surface area (Å²) in [6, 6.07) is 3.76. The van der Waals surface area contributed by atoms with E-state index < -0.39 is 5.60 Å². The number of aromatic hydroxyl groups is 2. The molecule has 1 fully saturated rings. The molecule has 0 spiro atoms. The molecule has 0 aliphatic carbocycles. The first-order chi connectivity index (χ1) is 8.39. The molecule has 1 aliphatic heterocycles. The average Bonchev–Trinajstić information content (AvgIpc) is 2.61. The van der Waals surface area contributed by atoms with Crippen LogP contribution in [0.2, 0.25) is 0 Å². The minimum Gasteiger partial charge on any atom is -0.508 e. The summed E-state index contributed by atoms with van der Waals surface area (Å²) in [6.45, 7) is 1.69. The van der Waals surface area contributed by atoms with Crippen LogP contribution in [0.15, 0.2) is 18.2 Å². The molecule has 2 N–H and O–H groups in total. The third-order valence-corrected chi connectivity index (χ3v) is 3.03. The van der Waals surface area contributed by atoms with Crippen molar-refractivity contribution in [1.29, 1.82) is 0 Å². The highest BCUT2D eigenvalue weighted by atomic mass is 16.6. The largest absolute Gasteiger partial charge is 0.508 e. The molecule has 1 atom stereocenters. The summed E-state index contributed by atoms with van der Waals surface area (Å²) in [6.07, 6.45) is 0.780. The number of carbonyl (C=O) groups is 2. The molecule has 0 radical (unpaired) electrons. The van der Waals surface area contributed by atoms with Gasteiger partial charge in [0.2, 0.25) is 0 Å². The van der Waals surface area contributed by atoms with Crippen LogP contribution in [-0.4, -0.2) is 27.6 Å². The number of Topliss-reactive ketones (excluding diaryl/α,β-unsaturated/α-hetero) is 1. The lowest BCUT2D eigenvalue weighted by Crippen LogP contribution is -2.27. The smallest absolute Gasteiger partial charge is 0.306 e. The summed E-state index contributed by atoms with van der Waals surface area (Å²) < 4.78 is 5.11. The normalized spacial score (nSPS) is 22.8. The van der Waals surface area contributed by atoms with Gasteiger partial charge >= 0.3 is 5.97 Å². The van der Waals surface area contributed by atoms with Gasteiger partial charge in [-0.15, -0.1) is 0 Å². The van der Waals surface area contributed by atoms with Crippen molar-refractivity contribution in [2.45, 2.75) is 31.8 Å². The average molecular weight is 250 g/mol. The van der Waals surface area contributed by atoms with E-state index in [9.17, 15) is 19.8 Å². The van der Waals surface area contributed by atoms with Crippen molar-refractivity contribution < 1.29 is 24.5 Å². The number of phenolic OH excluding ortho intramolecular Hbond substituents is 2. The number of benzene rings is 1. The molecule has 0 saturated carbocycles. The Labute approximate surface area is 104 Å². The highest BCUT2D eigenvalue weighted by Crippen LogP contribution is 2.32. The minimum absolute atomic E-state index is 0.00421. The maximum atomic E-state index is 12.0. The number of ether oxygens (including phenoxy) is 1. The number of ketones is 1. The van der Waals surface area contributed by atoms with Gasteiger partial charge < -0.3 is 14.9 Å². The number of rotatable bonds is 3. The molecule has 1 aromatic carbocycles. The molecule has 1 aliphatic rings. The number of cyclic esters (lactones) is 1. The van der Waals surface area contributed by atoms with Crippen LogP contribution in [0.3, 0.4) is 0 Å². The summed E-state index contributed by atoms with van der Waals surface area (Å²) in [7, 11) is 0. The highest BCUT2D eigenvalue weighted by molar-refractivity contribution is 5.99. The van der Waals surface area contributed by atoms with Crippen LogP contribution >= 0.6 is 0 Å². The Balaban J connectivity index is 2.17. The van der Waals surface area contributed by atoms with E-state index in [1.54, 1.807) is 6.92 Å². The molecule has 5 heteroatoms. The molecule has 96 valence electrons. The summed E-state index contributed by atoms with van der Waals surface area (Å²) in [4.78, 5) is 23.1. The van der Waals surface area contributed by atoms with Crippen molar-refractivity contribution in [1.82, 2.24) is 0 Å². The summed E-state index contributed by atoms with van der Waals surface area (Å²) in [5.74, 6) is -0.957. The van der Waals surface area contributed by atoms with Gasteiger partial charge in [-0.3, -0.25) is 9.59 Å². The second kappa shape index (κ2) is 4.33. The van der Waals surface area contributed by atoms with Gasteiger partial charge in [-0.2, -0.15) is 0 Å². The van der Waals surface area contributed by atoms with E-state index in [4.69, 9.17) is 4.74 Å². The Morgan fingerprint density at radius 2 is 2.17 bits per heavy atom. The van der Waals surface area contributed by atoms with Gasteiger partial charge in [0.1, 0.15) is 17.1 Å². The van der Waals surface area contributed by atoms with Crippen LogP contribution in [0, 0.1) is 0 Å². The van der Waals surface area contributed by atoms with Crippen molar-refractivity contribution in [2.75, 3.05) is 0 Å². The summed E-state index contributed by atoms with van der Waals surface area (Å²) in [5, 5.41) is 18.9. The number of carbonyl (C=O) groups excluding carboxylic acids is 2. The summed E-state index contributed by atoms with van der Waals surface area (Å²) >= 11 is 0. The maximum absolute atomic E-state index is 12.0. The Morgan fingerprint density at radius 3 is 2.78 bits per heavy atom. The Bertz CT molecular complexity index is 508.